The predicted octanol–water partition coefficient (Wildman–Crippen LogP) is 5.32. The summed E-state index contributed by atoms with van der Waals surface area (Å²) in [5.74, 6) is 1.53. The summed E-state index contributed by atoms with van der Waals surface area (Å²) in [7, 11) is 0. The highest BCUT2D eigenvalue weighted by molar-refractivity contribution is 9.10. The number of anilines is 3. The van der Waals surface area contributed by atoms with Gasteiger partial charge in [0.05, 0.1) is 5.69 Å². The fourth-order valence-electron chi connectivity index (χ4n) is 2.61. The molecule has 0 radical (unpaired) electrons. The van der Waals surface area contributed by atoms with Crippen LogP contribution < -0.4 is 10.2 Å². The van der Waals surface area contributed by atoms with Crippen molar-refractivity contribution in [1.29, 1.82) is 0 Å². The number of hydrogen-bond acceptors (Lipinski definition) is 4. The lowest BCUT2D eigenvalue weighted by atomic mass is 10.2. The van der Waals surface area contributed by atoms with Crippen molar-refractivity contribution < 1.29 is 0 Å². The highest BCUT2D eigenvalue weighted by Gasteiger charge is 2.11. The van der Waals surface area contributed by atoms with Gasteiger partial charge in [-0.3, -0.25) is 0 Å². The van der Waals surface area contributed by atoms with Crippen molar-refractivity contribution in [1.82, 2.24) is 9.97 Å². The zero-order chi connectivity index (χ0) is 17.6. The molecule has 0 atom stereocenters. The lowest BCUT2D eigenvalue weighted by Crippen LogP contribution is -2.23. The number of para-hydroxylation sites is 1. The van der Waals surface area contributed by atoms with Crippen LogP contribution in [0.25, 0.3) is 0 Å². The van der Waals surface area contributed by atoms with Gasteiger partial charge in [0.1, 0.15) is 5.82 Å². The van der Waals surface area contributed by atoms with Crippen LogP contribution in [0.1, 0.15) is 18.2 Å². The third kappa shape index (κ3) is 4.57. The second kappa shape index (κ2) is 8.12. The molecule has 0 saturated carbocycles. The number of nitrogens with one attached hydrogen (secondary N) is 1. The van der Waals surface area contributed by atoms with E-state index in [4.69, 9.17) is 4.98 Å². The molecule has 128 valence electrons. The van der Waals surface area contributed by atoms with Crippen LogP contribution in [0, 0.1) is 6.92 Å². The molecule has 1 heterocycles. The molecule has 4 nitrogen and oxygen atoms in total. The third-order valence-corrected chi connectivity index (χ3v) is 4.57. The molecule has 0 aliphatic carbocycles. The average Bonchev–Trinajstić information content (AvgIpc) is 2.62. The van der Waals surface area contributed by atoms with Crippen LogP contribution in [0.2, 0.25) is 0 Å². The Morgan fingerprint density at radius 3 is 2.44 bits per heavy atom. The minimum absolute atomic E-state index is 0.605. The quantitative estimate of drug-likeness (QED) is 0.612. The van der Waals surface area contributed by atoms with Crippen molar-refractivity contribution in [3.63, 3.8) is 0 Å². The van der Waals surface area contributed by atoms with E-state index < -0.39 is 0 Å². The highest BCUT2D eigenvalue weighted by Crippen LogP contribution is 2.25. The first-order valence-electron chi connectivity index (χ1n) is 8.32. The fraction of sp³-hybridized carbons (Fsp3) is 0.200. The van der Waals surface area contributed by atoms with Crippen molar-refractivity contribution in [2.45, 2.75) is 20.4 Å². The molecule has 25 heavy (non-hydrogen) atoms. The minimum atomic E-state index is 0.605. The van der Waals surface area contributed by atoms with Gasteiger partial charge in [-0.15, -0.1) is 0 Å². The van der Waals surface area contributed by atoms with Gasteiger partial charge < -0.3 is 10.2 Å². The largest absolute Gasteiger partial charge is 0.352 e. The Balaban J connectivity index is 1.86. The molecule has 0 spiro atoms. The fourth-order valence-corrected chi connectivity index (χ4v) is 3.00. The molecule has 0 fully saturated rings. The summed E-state index contributed by atoms with van der Waals surface area (Å²) in [6, 6.07) is 20.4. The molecule has 0 saturated heterocycles. The zero-order valence-electron chi connectivity index (χ0n) is 14.4. The Labute approximate surface area is 157 Å². The molecule has 0 aliphatic rings. The summed E-state index contributed by atoms with van der Waals surface area (Å²) >= 11 is 3.55. The molecule has 0 aliphatic heterocycles. The molecule has 5 heteroatoms. The maximum atomic E-state index is 4.72. The van der Waals surface area contributed by atoms with E-state index in [0.717, 1.165) is 34.8 Å². The van der Waals surface area contributed by atoms with Crippen molar-refractivity contribution in [3.05, 3.63) is 76.4 Å². The van der Waals surface area contributed by atoms with E-state index in [1.54, 1.807) is 0 Å². The van der Waals surface area contributed by atoms with E-state index in [9.17, 15) is 0 Å². The number of aromatic nitrogens is 2. The standard InChI is InChI=1S/C20H21BrN4/c1-3-25(14-16-9-5-4-6-10-16)19-13-15(2)22-20(24-19)23-18-12-8-7-11-17(18)21/h4-13H,3,14H2,1-2H3,(H,22,23,24). The zero-order valence-corrected chi connectivity index (χ0v) is 16.0. The number of aryl methyl sites for hydroxylation is 1. The number of hydrogen-bond donors (Lipinski definition) is 1. The SMILES string of the molecule is CCN(Cc1ccccc1)c1cc(C)nc(Nc2ccccc2Br)n1. The Hall–Kier alpha value is -2.40. The number of halogens is 1. The molecule has 3 rings (SSSR count). The summed E-state index contributed by atoms with van der Waals surface area (Å²) in [6.07, 6.45) is 0. The van der Waals surface area contributed by atoms with E-state index in [0.29, 0.717) is 5.95 Å². The molecule has 0 bridgehead atoms. The van der Waals surface area contributed by atoms with Crippen molar-refractivity contribution in [2.24, 2.45) is 0 Å². The predicted molar refractivity (Wildman–Crippen MR) is 107 cm³/mol. The number of nitrogens with zero attached hydrogens (tertiary/aromatic N) is 3. The van der Waals surface area contributed by atoms with Crippen LogP contribution in [-0.4, -0.2) is 16.5 Å². The van der Waals surface area contributed by atoms with E-state index in [1.165, 1.54) is 5.56 Å². The van der Waals surface area contributed by atoms with Crippen LogP contribution in [0.3, 0.4) is 0 Å². The summed E-state index contributed by atoms with van der Waals surface area (Å²) in [6.45, 7) is 5.83. The molecule has 2 aromatic carbocycles. The average molecular weight is 397 g/mol. The second-order valence-corrected chi connectivity index (χ2v) is 6.65. The Kier molecular flexibility index (Phi) is 5.66. The molecule has 1 aromatic heterocycles. The van der Waals surface area contributed by atoms with Crippen LogP contribution >= 0.6 is 15.9 Å². The Morgan fingerprint density at radius 1 is 1.00 bits per heavy atom. The Morgan fingerprint density at radius 2 is 1.72 bits per heavy atom. The van der Waals surface area contributed by atoms with E-state index >= 15 is 0 Å². The van der Waals surface area contributed by atoms with Gasteiger partial charge >= 0.3 is 0 Å². The molecule has 0 unspecified atom stereocenters. The summed E-state index contributed by atoms with van der Waals surface area (Å²) in [5, 5.41) is 3.30. The van der Waals surface area contributed by atoms with Crippen LogP contribution in [0.5, 0.6) is 0 Å². The van der Waals surface area contributed by atoms with Crippen molar-refractivity contribution in [3.8, 4) is 0 Å². The number of benzene rings is 2. The van der Waals surface area contributed by atoms with Gasteiger partial charge in [0, 0.05) is 29.3 Å². The lowest BCUT2D eigenvalue weighted by Gasteiger charge is -2.23. The Bertz CT molecular complexity index is 836. The van der Waals surface area contributed by atoms with Crippen LogP contribution in [-0.2, 0) is 6.54 Å². The number of rotatable bonds is 6. The lowest BCUT2D eigenvalue weighted by molar-refractivity contribution is 0.809. The van der Waals surface area contributed by atoms with Gasteiger partial charge in [-0.05, 0) is 47.5 Å². The smallest absolute Gasteiger partial charge is 0.229 e. The van der Waals surface area contributed by atoms with Gasteiger partial charge in [-0.1, -0.05) is 42.5 Å². The summed E-state index contributed by atoms with van der Waals surface area (Å²) in [5.41, 5.74) is 3.15. The van der Waals surface area contributed by atoms with Gasteiger partial charge in [-0.25, -0.2) is 4.98 Å². The molecular weight excluding hydrogens is 376 g/mol. The van der Waals surface area contributed by atoms with Crippen LogP contribution in [0.15, 0.2) is 65.1 Å². The van der Waals surface area contributed by atoms with E-state index in [-0.39, 0.29) is 0 Å². The van der Waals surface area contributed by atoms with E-state index in [1.807, 2.05) is 43.3 Å². The monoisotopic (exact) mass is 396 g/mol. The van der Waals surface area contributed by atoms with Gasteiger partial charge in [0.25, 0.3) is 0 Å². The highest BCUT2D eigenvalue weighted by atomic mass is 79.9. The normalized spacial score (nSPS) is 10.5. The molecule has 3 aromatic rings. The van der Waals surface area contributed by atoms with E-state index in [2.05, 4.69) is 62.3 Å². The maximum Gasteiger partial charge on any atom is 0.229 e. The van der Waals surface area contributed by atoms with Crippen molar-refractivity contribution >= 4 is 33.4 Å². The van der Waals surface area contributed by atoms with Gasteiger partial charge in [0.15, 0.2) is 0 Å². The molecule has 0 amide bonds. The summed E-state index contributed by atoms with van der Waals surface area (Å²) < 4.78 is 0.985. The third-order valence-electron chi connectivity index (χ3n) is 3.88. The topological polar surface area (TPSA) is 41.1 Å². The van der Waals surface area contributed by atoms with Gasteiger partial charge in [-0.2, -0.15) is 4.98 Å². The first-order valence-corrected chi connectivity index (χ1v) is 9.11. The maximum absolute atomic E-state index is 4.72. The van der Waals surface area contributed by atoms with Gasteiger partial charge in [0.2, 0.25) is 5.95 Å². The van der Waals surface area contributed by atoms with Crippen molar-refractivity contribution in [2.75, 3.05) is 16.8 Å². The van der Waals surface area contributed by atoms with Crippen LogP contribution in [0.4, 0.5) is 17.5 Å². The minimum Gasteiger partial charge on any atom is -0.352 e. The molecular formula is C20H21BrN4. The second-order valence-electron chi connectivity index (χ2n) is 5.80. The summed E-state index contributed by atoms with van der Waals surface area (Å²) in [4.78, 5) is 11.5. The first kappa shape index (κ1) is 17.4. The first-order chi connectivity index (χ1) is 12.2. The molecule has 1 N–H and O–H groups in total.